The Morgan fingerprint density at radius 1 is 1.14 bits per heavy atom. The second-order valence-corrected chi connectivity index (χ2v) is 4.77. The standard InChI is InChI=1S/C15H13N3O4/c19-13-7-6-9-10(16-13)3-1-4-11(9)17-15(21)18-14(20)12-5-2-8-22-12/h1-5,8H,6-7H2,(H,16,19)(H2,17,18,20,21). The van der Waals surface area contributed by atoms with E-state index in [1.807, 2.05) is 0 Å². The van der Waals surface area contributed by atoms with E-state index in [4.69, 9.17) is 4.42 Å². The summed E-state index contributed by atoms with van der Waals surface area (Å²) in [6.07, 6.45) is 2.24. The molecule has 0 spiro atoms. The molecule has 0 radical (unpaired) electrons. The molecule has 112 valence electrons. The normalized spacial score (nSPS) is 13.0. The van der Waals surface area contributed by atoms with Crippen molar-refractivity contribution in [2.24, 2.45) is 0 Å². The van der Waals surface area contributed by atoms with Crippen molar-refractivity contribution in [1.82, 2.24) is 5.32 Å². The predicted molar refractivity (Wildman–Crippen MR) is 78.6 cm³/mol. The fourth-order valence-electron chi connectivity index (χ4n) is 2.27. The molecule has 0 bridgehead atoms. The van der Waals surface area contributed by atoms with Gasteiger partial charge in [-0.05, 0) is 36.2 Å². The van der Waals surface area contributed by atoms with Crippen LogP contribution in [0.5, 0.6) is 0 Å². The number of rotatable bonds is 2. The zero-order valence-corrected chi connectivity index (χ0v) is 11.5. The SMILES string of the molecule is O=C1CCc2c(cccc2NC(=O)NC(=O)c2ccco2)N1. The van der Waals surface area contributed by atoms with Crippen molar-refractivity contribution in [3.63, 3.8) is 0 Å². The highest BCUT2D eigenvalue weighted by molar-refractivity contribution is 6.07. The molecule has 1 aromatic heterocycles. The van der Waals surface area contributed by atoms with E-state index in [-0.39, 0.29) is 11.7 Å². The first-order chi connectivity index (χ1) is 10.6. The van der Waals surface area contributed by atoms with Crippen LogP contribution < -0.4 is 16.0 Å². The zero-order valence-electron chi connectivity index (χ0n) is 11.5. The molecule has 0 atom stereocenters. The predicted octanol–water partition coefficient (Wildman–Crippen LogP) is 2.13. The molecular formula is C15H13N3O4. The molecule has 0 saturated carbocycles. The first-order valence-electron chi connectivity index (χ1n) is 6.71. The summed E-state index contributed by atoms with van der Waals surface area (Å²) in [4.78, 5) is 35.0. The summed E-state index contributed by atoms with van der Waals surface area (Å²) >= 11 is 0. The van der Waals surface area contributed by atoms with Gasteiger partial charge in [0.1, 0.15) is 0 Å². The minimum Gasteiger partial charge on any atom is -0.459 e. The average molecular weight is 299 g/mol. The quantitative estimate of drug-likeness (QED) is 0.790. The Morgan fingerprint density at radius 3 is 2.77 bits per heavy atom. The van der Waals surface area contributed by atoms with E-state index in [0.29, 0.717) is 24.2 Å². The Hall–Kier alpha value is -3.09. The van der Waals surface area contributed by atoms with Crippen molar-refractivity contribution >= 4 is 29.2 Å². The number of carbonyl (C=O) groups is 3. The number of imide groups is 1. The smallest absolute Gasteiger partial charge is 0.326 e. The van der Waals surface area contributed by atoms with Gasteiger partial charge in [-0.15, -0.1) is 0 Å². The monoisotopic (exact) mass is 299 g/mol. The summed E-state index contributed by atoms with van der Waals surface area (Å²) in [5, 5.41) is 7.53. The Labute approximate surface area is 125 Å². The van der Waals surface area contributed by atoms with E-state index in [9.17, 15) is 14.4 Å². The van der Waals surface area contributed by atoms with E-state index in [0.717, 1.165) is 5.56 Å². The number of fused-ring (bicyclic) bond motifs is 1. The number of benzene rings is 1. The Morgan fingerprint density at radius 2 is 2.00 bits per heavy atom. The molecule has 2 aromatic rings. The van der Waals surface area contributed by atoms with Crippen LogP contribution in [0, 0.1) is 0 Å². The Balaban J connectivity index is 1.71. The van der Waals surface area contributed by atoms with Crippen LogP contribution in [0.3, 0.4) is 0 Å². The van der Waals surface area contributed by atoms with Crippen LogP contribution in [0.1, 0.15) is 22.5 Å². The molecule has 3 rings (SSSR count). The molecule has 22 heavy (non-hydrogen) atoms. The molecule has 1 aromatic carbocycles. The molecule has 3 N–H and O–H groups in total. The van der Waals surface area contributed by atoms with Gasteiger partial charge < -0.3 is 15.1 Å². The summed E-state index contributed by atoms with van der Waals surface area (Å²) in [5.41, 5.74) is 2.07. The Kier molecular flexibility index (Phi) is 3.61. The summed E-state index contributed by atoms with van der Waals surface area (Å²) in [6.45, 7) is 0. The van der Waals surface area contributed by atoms with Crippen LogP contribution in [0.2, 0.25) is 0 Å². The number of furan rings is 1. The van der Waals surface area contributed by atoms with Gasteiger partial charge in [0, 0.05) is 17.8 Å². The van der Waals surface area contributed by atoms with Gasteiger partial charge in [-0.1, -0.05) is 6.07 Å². The number of amides is 4. The van der Waals surface area contributed by atoms with E-state index in [2.05, 4.69) is 16.0 Å². The molecular weight excluding hydrogens is 286 g/mol. The number of carbonyl (C=O) groups excluding carboxylic acids is 3. The van der Waals surface area contributed by atoms with Gasteiger partial charge in [0.25, 0.3) is 5.91 Å². The van der Waals surface area contributed by atoms with Crippen LogP contribution in [-0.2, 0) is 11.2 Å². The van der Waals surface area contributed by atoms with E-state index in [1.165, 1.54) is 12.3 Å². The van der Waals surface area contributed by atoms with Gasteiger partial charge in [-0.25, -0.2) is 4.79 Å². The second kappa shape index (κ2) is 5.72. The highest BCUT2D eigenvalue weighted by Crippen LogP contribution is 2.29. The molecule has 7 nitrogen and oxygen atoms in total. The van der Waals surface area contributed by atoms with Gasteiger partial charge in [0.15, 0.2) is 5.76 Å². The van der Waals surface area contributed by atoms with Crippen LogP contribution >= 0.6 is 0 Å². The fraction of sp³-hybridized carbons (Fsp3) is 0.133. The van der Waals surface area contributed by atoms with E-state index < -0.39 is 11.9 Å². The third kappa shape index (κ3) is 2.83. The maximum Gasteiger partial charge on any atom is 0.326 e. The van der Waals surface area contributed by atoms with Crippen molar-refractivity contribution in [3.8, 4) is 0 Å². The number of hydrogen-bond acceptors (Lipinski definition) is 4. The van der Waals surface area contributed by atoms with Gasteiger partial charge in [0.05, 0.1) is 6.26 Å². The first-order valence-corrected chi connectivity index (χ1v) is 6.71. The molecule has 0 fully saturated rings. The van der Waals surface area contributed by atoms with Gasteiger partial charge in [-0.2, -0.15) is 0 Å². The summed E-state index contributed by atoms with van der Waals surface area (Å²) in [5.74, 6) is -0.625. The lowest BCUT2D eigenvalue weighted by Crippen LogP contribution is -2.34. The van der Waals surface area contributed by atoms with Crippen molar-refractivity contribution in [2.75, 3.05) is 10.6 Å². The lowest BCUT2D eigenvalue weighted by molar-refractivity contribution is -0.116. The van der Waals surface area contributed by atoms with Crippen LogP contribution in [0.25, 0.3) is 0 Å². The molecule has 0 unspecified atom stereocenters. The van der Waals surface area contributed by atoms with Gasteiger partial charge in [0.2, 0.25) is 5.91 Å². The molecule has 0 saturated heterocycles. The van der Waals surface area contributed by atoms with Gasteiger partial charge >= 0.3 is 6.03 Å². The third-order valence-electron chi connectivity index (χ3n) is 3.27. The zero-order chi connectivity index (χ0) is 15.5. The number of anilines is 2. The topological polar surface area (TPSA) is 100 Å². The van der Waals surface area contributed by atoms with Crippen LogP contribution in [0.4, 0.5) is 16.2 Å². The largest absolute Gasteiger partial charge is 0.459 e. The van der Waals surface area contributed by atoms with Crippen molar-refractivity contribution in [2.45, 2.75) is 12.8 Å². The van der Waals surface area contributed by atoms with Crippen molar-refractivity contribution in [3.05, 3.63) is 47.9 Å². The van der Waals surface area contributed by atoms with Crippen molar-refractivity contribution < 1.29 is 18.8 Å². The van der Waals surface area contributed by atoms with Crippen LogP contribution in [-0.4, -0.2) is 17.8 Å². The highest BCUT2D eigenvalue weighted by Gasteiger charge is 2.19. The maximum atomic E-state index is 11.9. The second-order valence-electron chi connectivity index (χ2n) is 4.77. The number of nitrogens with one attached hydrogen (secondary N) is 3. The minimum absolute atomic E-state index is 0.0532. The van der Waals surface area contributed by atoms with Crippen LogP contribution in [0.15, 0.2) is 41.0 Å². The highest BCUT2D eigenvalue weighted by atomic mass is 16.3. The molecule has 1 aliphatic rings. The van der Waals surface area contributed by atoms with E-state index in [1.54, 1.807) is 24.3 Å². The lowest BCUT2D eigenvalue weighted by atomic mass is 10.0. The lowest BCUT2D eigenvalue weighted by Gasteiger charge is -2.20. The molecule has 7 heteroatoms. The Bertz CT molecular complexity index is 737. The number of urea groups is 1. The molecule has 1 aliphatic heterocycles. The first kappa shape index (κ1) is 13.9. The molecule has 0 aliphatic carbocycles. The summed E-state index contributed by atoms with van der Waals surface area (Å²) in [6, 6.07) is 7.56. The summed E-state index contributed by atoms with van der Waals surface area (Å²) in [7, 11) is 0. The van der Waals surface area contributed by atoms with Gasteiger partial charge in [-0.3, -0.25) is 14.9 Å². The van der Waals surface area contributed by atoms with E-state index >= 15 is 0 Å². The summed E-state index contributed by atoms with van der Waals surface area (Å²) < 4.78 is 4.91. The number of hydrogen-bond donors (Lipinski definition) is 3. The fourth-order valence-corrected chi connectivity index (χ4v) is 2.27. The average Bonchev–Trinajstić information content (AvgIpc) is 3.01. The molecule has 2 heterocycles. The maximum absolute atomic E-state index is 11.9. The molecule has 4 amide bonds. The van der Waals surface area contributed by atoms with Crippen molar-refractivity contribution in [1.29, 1.82) is 0 Å². The third-order valence-corrected chi connectivity index (χ3v) is 3.27. The minimum atomic E-state index is -0.660.